The van der Waals surface area contributed by atoms with Crippen molar-refractivity contribution in [1.82, 2.24) is 5.32 Å². The third-order valence-corrected chi connectivity index (χ3v) is 4.36. The van der Waals surface area contributed by atoms with E-state index in [0.717, 1.165) is 25.7 Å². The van der Waals surface area contributed by atoms with E-state index < -0.39 is 0 Å². The maximum Gasteiger partial charge on any atom is 0.0692 e. The van der Waals surface area contributed by atoms with E-state index in [-0.39, 0.29) is 18.1 Å². The van der Waals surface area contributed by atoms with Crippen LogP contribution in [0.4, 0.5) is 0 Å². The second-order valence-corrected chi connectivity index (χ2v) is 5.53. The van der Waals surface area contributed by atoms with Crippen LogP contribution in [-0.2, 0) is 0 Å². The molecule has 0 aromatic carbocycles. The molecular weight excluding hydrogens is 224 g/mol. The van der Waals surface area contributed by atoms with Crippen LogP contribution in [0.25, 0.3) is 0 Å². The lowest BCUT2D eigenvalue weighted by atomic mass is 9.94. The summed E-state index contributed by atoms with van der Waals surface area (Å²) in [5.41, 5.74) is 0. The van der Waals surface area contributed by atoms with Crippen molar-refractivity contribution in [1.29, 1.82) is 5.26 Å². The van der Waals surface area contributed by atoms with Gasteiger partial charge in [0.15, 0.2) is 0 Å². The maximum atomic E-state index is 10.1. The van der Waals surface area contributed by atoms with Gasteiger partial charge in [0.05, 0.1) is 18.1 Å². The Morgan fingerprint density at radius 2 is 1.89 bits per heavy atom. The summed E-state index contributed by atoms with van der Waals surface area (Å²) in [4.78, 5) is 0. The second kappa shape index (κ2) is 8.50. The van der Waals surface area contributed by atoms with Gasteiger partial charge >= 0.3 is 0 Å². The van der Waals surface area contributed by atoms with E-state index >= 15 is 0 Å². The molecule has 0 heterocycles. The Balaban J connectivity index is 2.42. The third-order valence-electron chi connectivity index (χ3n) is 4.36. The third kappa shape index (κ3) is 4.59. The number of nitriles is 1. The van der Waals surface area contributed by atoms with Crippen LogP contribution in [0, 0.1) is 23.2 Å². The Hall–Kier alpha value is -0.590. The van der Waals surface area contributed by atoms with Crippen LogP contribution in [0.3, 0.4) is 0 Å². The highest BCUT2D eigenvalue weighted by atomic mass is 16.3. The van der Waals surface area contributed by atoms with Crippen LogP contribution in [0.1, 0.15) is 58.8 Å². The Labute approximate surface area is 112 Å². The van der Waals surface area contributed by atoms with E-state index in [2.05, 4.69) is 25.2 Å². The molecule has 0 radical (unpaired) electrons. The molecule has 1 rings (SSSR count). The molecule has 0 amide bonds. The second-order valence-electron chi connectivity index (χ2n) is 5.53. The average molecular weight is 252 g/mol. The van der Waals surface area contributed by atoms with Crippen molar-refractivity contribution < 1.29 is 5.11 Å². The summed E-state index contributed by atoms with van der Waals surface area (Å²) < 4.78 is 0. The summed E-state index contributed by atoms with van der Waals surface area (Å²) >= 11 is 0. The van der Waals surface area contributed by atoms with Gasteiger partial charge < -0.3 is 10.4 Å². The van der Waals surface area contributed by atoms with Crippen molar-refractivity contribution in [2.45, 2.75) is 70.9 Å². The fourth-order valence-corrected chi connectivity index (χ4v) is 2.98. The number of rotatable bonds is 6. The molecule has 0 aliphatic heterocycles. The highest BCUT2D eigenvalue weighted by molar-refractivity contribution is 4.93. The van der Waals surface area contributed by atoms with Gasteiger partial charge in [0, 0.05) is 12.6 Å². The zero-order chi connectivity index (χ0) is 13.4. The van der Waals surface area contributed by atoms with E-state index in [1.807, 2.05) is 0 Å². The molecule has 18 heavy (non-hydrogen) atoms. The minimum atomic E-state index is -0.275. The molecule has 3 heteroatoms. The quantitative estimate of drug-likeness (QED) is 0.715. The summed E-state index contributed by atoms with van der Waals surface area (Å²) in [6.45, 7) is 4.89. The lowest BCUT2D eigenvalue weighted by molar-refractivity contribution is 0.0961. The van der Waals surface area contributed by atoms with E-state index in [9.17, 15) is 10.4 Å². The van der Waals surface area contributed by atoms with E-state index in [0.29, 0.717) is 12.5 Å². The van der Waals surface area contributed by atoms with E-state index in [1.54, 1.807) is 0 Å². The topological polar surface area (TPSA) is 56.0 Å². The average Bonchev–Trinajstić information content (AvgIpc) is 2.62. The number of aliphatic hydroxyl groups excluding tert-OH is 1. The standard InChI is InChI=1S/C15H28N2O/c1-3-12(4-2)15(18)11-17-14-9-7-5-6-8-13(14)10-16/h12-15,17-18H,3-9,11H2,1-2H3. The molecule has 1 saturated carbocycles. The molecule has 1 aliphatic rings. The van der Waals surface area contributed by atoms with Crippen LogP contribution < -0.4 is 5.32 Å². The molecule has 1 fully saturated rings. The molecule has 3 nitrogen and oxygen atoms in total. The number of nitrogens with one attached hydrogen (secondary N) is 1. The highest BCUT2D eigenvalue weighted by Gasteiger charge is 2.24. The van der Waals surface area contributed by atoms with Gasteiger partial charge in [0.1, 0.15) is 0 Å². The zero-order valence-electron chi connectivity index (χ0n) is 11.9. The van der Waals surface area contributed by atoms with Crippen molar-refractivity contribution in [3.63, 3.8) is 0 Å². The highest BCUT2D eigenvalue weighted by Crippen LogP contribution is 2.23. The number of nitrogens with zero attached hydrogens (tertiary/aromatic N) is 1. The number of hydrogen-bond acceptors (Lipinski definition) is 3. The lowest BCUT2D eigenvalue weighted by Gasteiger charge is -2.26. The summed E-state index contributed by atoms with van der Waals surface area (Å²) in [5.74, 6) is 0.505. The summed E-state index contributed by atoms with van der Waals surface area (Å²) in [5, 5.41) is 22.8. The monoisotopic (exact) mass is 252 g/mol. The van der Waals surface area contributed by atoms with Crippen LogP contribution in [-0.4, -0.2) is 23.8 Å². The Bertz CT molecular complexity index is 258. The van der Waals surface area contributed by atoms with Crippen molar-refractivity contribution in [2.24, 2.45) is 11.8 Å². The van der Waals surface area contributed by atoms with Gasteiger partial charge in [0.2, 0.25) is 0 Å². The zero-order valence-corrected chi connectivity index (χ0v) is 11.9. The van der Waals surface area contributed by atoms with Gasteiger partial charge in [-0.1, -0.05) is 46.0 Å². The van der Waals surface area contributed by atoms with Crippen LogP contribution in [0.15, 0.2) is 0 Å². The minimum absolute atomic E-state index is 0.126. The van der Waals surface area contributed by atoms with E-state index in [1.165, 1.54) is 19.3 Å². The van der Waals surface area contributed by atoms with Crippen molar-refractivity contribution in [2.75, 3.05) is 6.54 Å². The van der Waals surface area contributed by atoms with Gasteiger partial charge in [-0.25, -0.2) is 0 Å². The molecule has 0 aromatic rings. The first-order valence-electron chi connectivity index (χ1n) is 7.53. The fourth-order valence-electron chi connectivity index (χ4n) is 2.98. The Kier molecular flexibility index (Phi) is 7.31. The first-order valence-corrected chi connectivity index (χ1v) is 7.53. The fraction of sp³-hybridized carbons (Fsp3) is 0.933. The molecule has 0 spiro atoms. The smallest absolute Gasteiger partial charge is 0.0692 e. The molecule has 2 N–H and O–H groups in total. The van der Waals surface area contributed by atoms with Crippen molar-refractivity contribution in [3.05, 3.63) is 0 Å². The van der Waals surface area contributed by atoms with Gasteiger partial charge in [-0.2, -0.15) is 5.26 Å². The molecule has 0 saturated heterocycles. The van der Waals surface area contributed by atoms with Gasteiger partial charge in [-0.15, -0.1) is 0 Å². The molecule has 104 valence electrons. The van der Waals surface area contributed by atoms with E-state index in [4.69, 9.17) is 0 Å². The minimum Gasteiger partial charge on any atom is -0.392 e. The first-order chi connectivity index (χ1) is 8.72. The largest absolute Gasteiger partial charge is 0.392 e. The predicted molar refractivity (Wildman–Crippen MR) is 74.1 cm³/mol. The number of aliphatic hydroxyl groups is 1. The SMILES string of the molecule is CCC(CC)C(O)CNC1CCCCCC1C#N. The van der Waals surface area contributed by atoms with Crippen LogP contribution >= 0.6 is 0 Å². The lowest BCUT2D eigenvalue weighted by Crippen LogP contribution is -2.41. The Morgan fingerprint density at radius 1 is 1.22 bits per heavy atom. The molecular formula is C15H28N2O. The molecule has 1 aliphatic carbocycles. The summed E-state index contributed by atoms with van der Waals surface area (Å²) in [7, 11) is 0. The molecule has 0 bridgehead atoms. The van der Waals surface area contributed by atoms with Gasteiger partial charge in [-0.3, -0.25) is 0 Å². The van der Waals surface area contributed by atoms with Crippen LogP contribution in [0.5, 0.6) is 0 Å². The Morgan fingerprint density at radius 3 is 2.50 bits per heavy atom. The van der Waals surface area contributed by atoms with Gasteiger partial charge in [0.25, 0.3) is 0 Å². The predicted octanol–water partition coefficient (Wildman–Crippen LogP) is 2.85. The molecule has 0 aromatic heterocycles. The number of hydrogen-bond donors (Lipinski definition) is 2. The van der Waals surface area contributed by atoms with Crippen molar-refractivity contribution in [3.8, 4) is 6.07 Å². The molecule has 3 atom stereocenters. The first kappa shape index (κ1) is 15.5. The van der Waals surface area contributed by atoms with Crippen LogP contribution in [0.2, 0.25) is 0 Å². The summed E-state index contributed by atoms with van der Waals surface area (Å²) in [6, 6.07) is 2.71. The van der Waals surface area contributed by atoms with Crippen molar-refractivity contribution >= 4 is 0 Å². The summed E-state index contributed by atoms with van der Waals surface area (Å²) in [6.07, 6.45) is 7.47. The molecule has 3 unspecified atom stereocenters. The normalized spacial score (nSPS) is 26.6. The van der Waals surface area contributed by atoms with Gasteiger partial charge in [-0.05, 0) is 18.8 Å². The maximum absolute atomic E-state index is 10.1.